The summed E-state index contributed by atoms with van der Waals surface area (Å²) in [5.41, 5.74) is 6.18. The second kappa shape index (κ2) is 6.53. The summed E-state index contributed by atoms with van der Waals surface area (Å²) in [6.45, 7) is 6.66. The molecule has 1 N–H and O–H groups in total. The molecule has 0 aromatic carbocycles. The molecule has 3 aromatic rings. The highest BCUT2D eigenvalue weighted by Crippen LogP contribution is 2.21. The lowest BCUT2D eigenvalue weighted by molar-refractivity contribution is 0.241. The number of aromatic nitrogens is 4. The first-order valence-corrected chi connectivity index (χ1v) is 8.90. The average molecular weight is 349 g/mol. The van der Waals surface area contributed by atoms with Gasteiger partial charge in [-0.25, -0.2) is 4.98 Å². The molecule has 4 heterocycles. The van der Waals surface area contributed by atoms with E-state index in [0.717, 1.165) is 30.8 Å². The van der Waals surface area contributed by atoms with E-state index in [1.165, 1.54) is 17.0 Å². The number of aryl methyl sites for hydroxylation is 1. The van der Waals surface area contributed by atoms with E-state index in [4.69, 9.17) is 0 Å². The SMILES string of the molecule is Cc1cc(CN2CCc3nc(-c4ccccn4)[nH]c(=O)c3C2)c(C)n1C. The lowest BCUT2D eigenvalue weighted by Gasteiger charge is -2.27. The fraction of sp³-hybridized carbons (Fsp3) is 0.350. The molecule has 0 saturated carbocycles. The van der Waals surface area contributed by atoms with E-state index in [2.05, 4.69) is 51.4 Å². The highest BCUT2D eigenvalue weighted by atomic mass is 16.1. The van der Waals surface area contributed by atoms with Crippen LogP contribution < -0.4 is 5.56 Å². The quantitative estimate of drug-likeness (QED) is 0.788. The number of nitrogens with one attached hydrogen (secondary N) is 1. The van der Waals surface area contributed by atoms with Gasteiger partial charge in [-0.3, -0.25) is 14.7 Å². The second-order valence-corrected chi connectivity index (χ2v) is 6.97. The van der Waals surface area contributed by atoms with Crippen LogP contribution in [0.25, 0.3) is 11.5 Å². The molecule has 0 bridgehead atoms. The minimum absolute atomic E-state index is 0.0543. The van der Waals surface area contributed by atoms with Crippen LogP contribution in [0.3, 0.4) is 0 Å². The van der Waals surface area contributed by atoms with Crippen LogP contribution in [-0.2, 0) is 26.6 Å². The Bertz CT molecular complexity index is 1000. The second-order valence-electron chi connectivity index (χ2n) is 6.97. The predicted octanol–water partition coefficient (Wildman–Crippen LogP) is 2.35. The smallest absolute Gasteiger partial charge is 0.255 e. The molecule has 0 radical (unpaired) electrons. The number of pyridine rings is 1. The fourth-order valence-electron chi connectivity index (χ4n) is 3.57. The normalized spacial score (nSPS) is 14.4. The van der Waals surface area contributed by atoms with Crippen LogP contribution in [0.15, 0.2) is 35.3 Å². The van der Waals surface area contributed by atoms with Crippen molar-refractivity contribution < 1.29 is 0 Å². The summed E-state index contributed by atoms with van der Waals surface area (Å²) < 4.78 is 2.21. The molecule has 26 heavy (non-hydrogen) atoms. The minimum atomic E-state index is -0.0543. The maximum Gasteiger partial charge on any atom is 0.255 e. The zero-order valence-corrected chi connectivity index (χ0v) is 15.4. The zero-order valence-electron chi connectivity index (χ0n) is 15.4. The van der Waals surface area contributed by atoms with Crippen LogP contribution in [0, 0.1) is 13.8 Å². The third kappa shape index (κ3) is 2.97. The van der Waals surface area contributed by atoms with Gasteiger partial charge >= 0.3 is 0 Å². The summed E-state index contributed by atoms with van der Waals surface area (Å²) >= 11 is 0. The van der Waals surface area contributed by atoms with Gasteiger partial charge in [-0.1, -0.05) is 6.07 Å². The van der Waals surface area contributed by atoms with Gasteiger partial charge in [0.2, 0.25) is 0 Å². The molecule has 3 aromatic heterocycles. The Morgan fingerprint density at radius 2 is 2.12 bits per heavy atom. The number of aromatic amines is 1. The monoisotopic (exact) mass is 349 g/mol. The first-order chi connectivity index (χ1) is 12.5. The molecule has 1 aliphatic heterocycles. The Kier molecular flexibility index (Phi) is 4.20. The number of hydrogen-bond donors (Lipinski definition) is 1. The Balaban J connectivity index is 1.59. The van der Waals surface area contributed by atoms with Gasteiger partial charge in [-0.15, -0.1) is 0 Å². The molecule has 4 rings (SSSR count). The van der Waals surface area contributed by atoms with E-state index in [1.54, 1.807) is 6.20 Å². The van der Waals surface area contributed by atoms with E-state index in [-0.39, 0.29) is 5.56 Å². The molecule has 6 nitrogen and oxygen atoms in total. The van der Waals surface area contributed by atoms with Crippen LogP contribution in [0.2, 0.25) is 0 Å². The summed E-state index contributed by atoms with van der Waals surface area (Å²) in [4.78, 5) is 26.8. The van der Waals surface area contributed by atoms with Gasteiger partial charge in [-0.2, -0.15) is 0 Å². The molecule has 0 spiro atoms. The van der Waals surface area contributed by atoms with Gasteiger partial charge in [0.1, 0.15) is 5.69 Å². The number of rotatable bonds is 3. The largest absolute Gasteiger partial charge is 0.352 e. The molecule has 0 unspecified atom stereocenters. The van der Waals surface area contributed by atoms with Crippen molar-refractivity contribution in [3.8, 4) is 11.5 Å². The van der Waals surface area contributed by atoms with Gasteiger partial charge in [-0.05, 0) is 37.6 Å². The molecule has 0 saturated heterocycles. The van der Waals surface area contributed by atoms with Gasteiger partial charge < -0.3 is 9.55 Å². The van der Waals surface area contributed by atoms with E-state index in [9.17, 15) is 4.79 Å². The van der Waals surface area contributed by atoms with Crippen molar-refractivity contribution in [2.45, 2.75) is 33.4 Å². The summed E-state index contributed by atoms with van der Waals surface area (Å²) in [6, 6.07) is 7.84. The topological polar surface area (TPSA) is 66.8 Å². The summed E-state index contributed by atoms with van der Waals surface area (Å²) in [5.74, 6) is 0.553. The highest BCUT2D eigenvalue weighted by molar-refractivity contribution is 5.49. The van der Waals surface area contributed by atoms with Crippen molar-refractivity contribution in [2.24, 2.45) is 7.05 Å². The molecular formula is C20H23N5O. The molecular weight excluding hydrogens is 326 g/mol. The van der Waals surface area contributed by atoms with Crippen LogP contribution in [0.5, 0.6) is 0 Å². The van der Waals surface area contributed by atoms with Gasteiger partial charge in [0.15, 0.2) is 5.82 Å². The molecule has 6 heteroatoms. The highest BCUT2D eigenvalue weighted by Gasteiger charge is 2.22. The van der Waals surface area contributed by atoms with E-state index >= 15 is 0 Å². The van der Waals surface area contributed by atoms with Crippen LogP contribution in [0.4, 0.5) is 0 Å². The lowest BCUT2D eigenvalue weighted by atomic mass is 10.1. The van der Waals surface area contributed by atoms with Gasteiger partial charge in [0, 0.05) is 50.7 Å². The Morgan fingerprint density at radius 1 is 1.27 bits per heavy atom. The van der Waals surface area contributed by atoms with E-state index in [0.29, 0.717) is 18.1 Å². The van der Waals surface area contributed by atoms with Crippen molar-refractivity contribution in [3.63, 3.8) is 0 Å². The number of H-pyrrole nitrogens is 1. The maximum atomic E-state index is 12.6. The lowest BCUT2D eigenvalue weighted by Crippen LogP contribution is -2.35. The standard InChI is InChI=1S/C20H23N5O/c1-13-10-15(14(2)24(13)3)11-25-9-7-17-16(12-25)20(26)23-19(22-17)18-6-4-5-8-21-18/h4-6,8,10H,7,9,11-12H2,1-3H3,(H,22,23,26). The molecule has 1 aliphatic rings. The van der Waals surface area contributed by atoms with E-state index < -0.39 is 0 Å². The molecule has 0 amide bonds. The molecule has 0 atom stereocenters. The number of nitrogens with zero attached hydrogens (tertiary/aromatic N) is 4. The minimum Gasteiger partial charge on any atom is -0.352 e. The van der Waals surface area contributed by atoms with Crippen LogP contribution in [0.1, 0.15) is 28.2 Å². The van der Waals surface area contributed by atoms with Crippen molar-refractivity contribution in [2.75, 3.05) is 6.54 Å². The van der Waals surface area contributed by atoms with Crippen molar-refractivity contribution >= 4 is 0 Å². The Hall–Kier alpha value is -2.73. The Morgan fingerprint density at radius 3 is 2.81 bits per heavy atom. The molecule has 0 aliphatic carbocycles. The first-order valence-electron chi connectivity index (χ1n) is 8.90. The van der Waals surface area contributed by atoms with Crippen LogP contribution in [-0.4, -0.2) is 31.0 Å². The summed E-state index contributed by atoms with van der Waals surface area (Å²) in [6.07, 6.45) is 2.49. The summed E-state index contributed by atoms with van der Waals surface area (Å²) in [7, 11) is 2.09. The Labute approximate surface area is 152 Å². The van der Waals surface area contributed by atoms with Crippen molar-refractivity contribution in [3.05, 3.63) is 69.0 Å². The van der Waals surface area contributed by atoms with Gasteiger partial charge in [0.05, 0.1) is 11.3 Å². The maximum absolute atomic E-state index is 12.6. The number of hydrogen-bond acceptors (Lipinski definition) is 4. The third-order valence-electron chi connectivity index (χ3n) is 5.33. The van der Waals surface area contributed by atoms with Crippen LogP contribution >= 0.6 is 0 Å². The van der Waals surface area contributed by atoms with Crippen molar-refractivity contribution in [1.82, 2.24) is 24.4 Å². The predicted molar refractivity (Wildman–Crippen MR) is 101 cm³/mol. The van der Waals surface area contributed by atoms with Gasteiger partial charge in [0.25, 0.3) is 5.56 Å². The zero-order chi connectivity index (χ0) is 18.3. The molecule has 134 valence electrons. The number of fused-ring (bicyclic) bond motifs is 1. The van der Waals surface area contributed by atoms with E-state index in [1.807, 2.05) is 18.2 Å². The first kappa shape index (κ1) is 16.7. The molecule has 0 fully saturated rings. The average Bonchev–Trinajstić information content (AvgIpc) is 2.89. The fourth-order valence-corrected chi connectivity index (χ4v) is 3.57. The summed E-state index contributed by atoms with van der Waals surface area (Å²) in [5, 5.41) is 0. The third-order valence-corrected chi connectivity index (χ3v) is 5.33. The van der Waals surface area contributed by atoms with Crippen molar-refractivity contribution in [1.29, 1.82) is 0 Å².